The highest BCUT2D eigenvalue weighted by molar-refractivity contribution is 5.89. The van der Waals surface area contributed by atoms with Crippen LogP contribution in [-0.2, 0) is 11.3 Å². The van der Waals surface area contributed by atoms with Crippen LogP contribution in [0.1, 0.15) is 21.7 Å². The predicted octanol–water partition coefficient (Wildman–Crippen LogP) is 2.53. The largest absolute Gasteiger partial charge is 0.465 e. The summed E-state index contributed by atoms with van der Waals surface area (Å²) >= 11 is 0. The van der Waals surface area contributed by atoms with Crippen molar-refractivity contribution in [2.45, 2.75) is 13.5 Å². The molecule has 2 heterocycles. The van der Waals surface area contributed by atoms with Gasteiger partial charge in [0.25, 0.3) is 0 Å². The molecule has 0 N–H and O–H groups in total. The van der Waals surface area contributed by atoms with E-state index in [1.165, 1.54) is 7.11 Å². The van der Waals surface area contributed by atoms with Gasteiger partial charge >= 0.3 is 5.97 Å². The van der Waals surface area contributed by atoms with Gasteiger partial charge in [-0.25, -0.2) is 14.8 Å². The van der Waals surface area contributed by atoms with E-state index in [4.69, 9.17) is 4.74 Å². The van der Waals surface area contributed by atoms with Crippen molar-refractivity contribution in [3.05, 3.63) is 59.7 Å². The Labute approximate surface area is 122 Å². The summed E-state index contributed by atoms with van der Waals surface area (Å²) in [6, 6.07) is 9.36. The summed E-state index contributed by atoms with van der Waals surface area (Å²) in [6.45, 7) is 2.54. The second kappa shape index (κ2) is 5.36. The van der Waals surface area contributed by atoms with Gasteiger partial charge in [0.05, 0.1) is 18.4 Å². The zero-order chi connectivity index (χ0) is 14.8. The van der Waals surface area contributed by atoms with E-state index in [1.807, 2.05) is 48.1 Å². The van der Waals surface area contributed by atoms with Crippen molar-refractivity contribution in [2.75, 3.05) is 7.11 Å². The van der Waals surface area contributed by atoms with Crippen LogP contribution in [0.25, 0.3) is 11.4 Å². The Morgan fingerprint density at radius 2 is 2.05 bits per heavy atom. The van der Waals surface area contributed by atoms with Gasteiger partial charge in [0, 0.05) is 18.9 Å². The Bertz CT molecular complexity index is 764. The van der Waals surface area contributed by atoms with Crippen molar-refractivity contribution < 1.29 is 9.53 Å². The second-order valence-electron chi connectivity index (χ2n) is 4.85. The van der Waals surface area contributed by atoms with E-state index in [0.717, 1.165) is 22.8 Å². The van der Waals surface area contributed by atoms with E-state index in [9.17, 15) is 4.79 Å². The highest BCUT2D eigenvalue weighted by atomic mass is 16.5. The average Bonchev–Trinajstić information content (AvgIpc) is 2.86. The van der Waals surface area contributed by atoms with Crippen LogP contribution in [0.5, 0.6) is 0 Å². The van der Waals surface area contributed by atoms with Crippen molar-refractivity contribution in [3.8, 4) is 11.4 Å². The van der Waals surface area contributed by atoms with Gasteiger partial charge in [0.15, 0.2) is 0 Å². The van der Waals surface area contributed by atoms with Crippen LogP contribution in [-0.4, -0.2) is 27.6 Å². The Balaban J connectivity index is 1.88. The maximum absolute atomic E-state index is 11.5. The number of fused-ring (bicyclic) bond motifs is 1. The molecule has 2 aliphatic heterocycles. The smallest absolute Gasteiger partial charge is 0.337 e. The first kappa shape index (κ1) is 13.3. The zero-order valence-corrected chi connectivity index (χ0v) is 11.9. The number of esters is 1. The Kier molecular flexibility index (Phi) is 3.39. The first-order valence-electron chi connectivity index (χ1n) is 6.63. The lowest BCUT2D eigenvalue weighted by atomic mass is 10.1. The van der Waals surface area contributed by atoms with E-state index in [1.54, 1.807) is 6.07 Å². The zero-order valence-electron chi connectivity index (χ0n) is 11.9. The molecule has 1 aromatic rings. The van der Waals surface area contributed by atoms with Crippen molar-refractivity contribution in [2.24, 2.45) is 0 Å². The minimum atomic E-state index is -0.324. The molecule has 0 bridgehead atoms. The summed E-state index contributed by atoms with van der Waals surface area (Å²) in [6.07, 6.45) is 3.92. The molecule has 5 nitrogen and oxygen atoms in total. The van der Waals surface area contributed by atoms with Crippen LogP contribution in [0, 0.1) is 6.92 Å². The molecule has 0 aliphatic carbocycles. The number of carbonyl (C=O) groups excluding carboxylic acids is 1. The third-order valence-corrected chi connectivity index (χ3v) is 3.25. The first-order valence-corrected chi connectivity index (χ1v) is 6.63. The fraction of sp³-hybridized carbons (Fsp3) is 0.188. The SMILES string of the molecule is COC(=O)c1cccc(Cn2ccc3nc(C)nc-3c2)c1. The normalized spacial score (nSPS) is 10.8. The Morgan fingerprint density at radius 3 is 2.86 bits per heavy atom. The van der Waals surface area contributed by atoms with Crippen LogP contribution >= 0.6 is 0 Å². The fourth-order valence-electron chi connectivity index (χ4n) is 2.30. The fourth-order valence-corrected chi connectivity index (χ4v) is 2.30. The minimum absolute atomic E-state index is 0.324. The van der Waals surface area contributed by atoms with Crippen molar-refractivity contribution in [1.29, 1.82) is 0 Å². The average molecular weight is 281 g/mol. The predicted molar refractivity (Wildman–Crippen MR) is 78.3 cm³/mol. The molecule has 0 spiro atoms. The molecule has 21 heavy (non-hydrogen) atoms. The summed E-state index contributed by atoms with van der Waals surface area (Å²) in [5, 5.41) is 0. The van der Waals surface area contributed by atoms with Gasteiger partial charge in [-0.1, -0.05) is 12.1 Å². The van der Waals surface area contributed by atoms with E-state index in [2.05, 4.69) is 9.97 Å². The molecule has 3 rings (SSSR count). The van der Waals surface area contributed by atoms with Crippen molar-refractivity contribution >= 4 is 5.97 Å². The van der Waals surface area contributed by atoms with Gasteiger partial charge in [-0.2, -0.15) is 0 Å². The third kappa shape index (κ3) is 2.76. The van der Waals surface area contributed by atoms with Crippen LogP contribution in [0.15, 0.2) is 42.7 Å². The number of ether oxygens (including phenoxy) is 1. The van der Waals surface area contributed by atoms with E-state index < -0.39 is 0 Å². The number of hydrogen-bond acceptors (Lipinski definition) is 4. The van der Waals surface area contributed by atoms with E-state index >= 15 is 0 Å². The summed E-state index contributed by atoms with van der Waals surface area (Å²) in [7, 11) is 1.38. The highest BCUT2D eigenvalue weighted by Gasteiger charge is 2.09. The number of pyridine rings is 1. The van der Waals surface area contributed by atoms with Crippen LogP contribution in [0.4, 0.5) is 0 Å². The number of nitrogens with zero attached hydrogens (tertiary/aromatic N) is 3. The number of aryl methyl sites for hydroxylation is 1. The van der Waals surface area contributed by atoms with Crippen LogP contribution in [0.2, 0.25) is 0 Å². The molecule has 0 saturated carbocycles. The number of benzene rings is 1. The molecular weight excluding hydrogens is 266 g/mol. The Hall–Kier alpha value is -2.69. The second-order valence-corrected chi connectivity index (χ2v) is 4.85. The molecule has 1 aromatic carbocycles. The molecule has 2 aliphatic rings. The molecule has 0 atom stereocenters. The van der Waals surface area contributed by atoms with Crippen molar-refractivity contribution in [3.63, 3.8) is 0 Å². The number of carbonyl (C=O) groups is 1. The first-order chi connectivity index (χ1) is 10.2. The maximum Gasteiger partial charge on any atom is 0.337 e. The van der Waals surface area contributed by atoms with Gasteiger partial charge in [-0.15, -0.1) is 0 Å². The maximum atomic E-state index is 11.5. The van der Waals surface area contributed by atoms with Gasteiger partial charge in [0.2, 0.25) is 0 Å². The summed E-state index contributed by atoms with van der Waals surface area (Å²) in [5.41, 5.74) is 3.35. The summed E-state index contributed by atoms with van der Waals surface area (Å²) < 4.78 is 6.76. The lowest BCUT2D eigenvalue weighted by Gasteiger charge is -2.09. The molecule has 106 valence electrons. The molecule has 0 fully saturated rings. The highest BCUT2D eigenvalue weighted by Crippen LogP contribution is 2.18. The standard InChI is InChI=1S/C16H15N3O2/c1-11-17-14-6-7-19(10-15(14)18-11)9-12-4-3-5-13(8-12)16(20)21-2/h3-8,10H,9H2,1-2H3. The minimum Gasteiger partial charge on any atom is -0.465 e. The number of aromatic nitrogens is 3. The summed E-state index contributed by atoms with van der Waals surface area (Å²) in [5.74, 6) is 0.449. The van der Waals surface area contributed by atoms with E-state index in [-0.39, 0.29) is 5.97 Å². The molecular formula is C16H15N3O2. The van der Waals surface area contributed by atoms with E-state index in [0.29, 0.717) is 12.1 Å². The van der Waals surface area contributed by atoms with Crippen molar-refractivity contribution in [1.82, 2.24) is 14.5 Å². The summed E-state index contributed by atoms with van der Waals surface area (Å²) in [4.78, 5) is 20.2. The lowest BCUT2D eigenvalue weighted by molar-refractivity contribution is 0.0600. The number of imidazole rings is 1. The number of methoxy groups -OCH3 is 1. The monoisotopic (exact) mass is 281 g/mol. The van der Waals surface area contributed by atoms with Gasteiger partial charge in [-0.3, -0.25) is 0 Å². The van der Waals surface area contributed by atoms with Gasteiger partial charge in [0.1, 0.15) is 11.5 Å². The van der Waals surface area contributed by atoms with Gasteiger partial charge < -0.3 is 9.30 Å². The molecule has 0 radical (unpaired) electrons. The number of rotatable bonds is 3. The number of hydrogen-bond donors (Lipinski definition) is 0. The molecule has 5 heteroatoms. The Morgan fingerprint density at radius 1 is 1.24 bits per heavy atom. The third-order valence-electron chi connectivity index (χ3n) is 3.25. The van der Waals surface area contributed by atoms with Crippen LogP contribution < -0.4 is 0 Å². The molecule has 0 aromatic heterocycles. The quantitative estimate of drug-likeness (QED) is 0.692. The van der Waals surface area contributed by atoms with Gasteiger partial charge in [-0.05, 0) is 30.7 Å². The van der Waals surface area contributed by atoms with Crippen LogP contribution in [0.3, 0.4) is 0 Å². The molecule has 0 saturated heterocycles. The topological polar surface area (TPSA) is 57.0 Å². The molecule has 0 amide bonds. The lowest BCUT2D eigenvalue weighted by Crippen LogP contribution is -2.04. The molecule has 0 unspecified atom stereocenters.